The van der Waals surface area contributed by atoms with E-state index < -0.39 is 5.60 Å². The molecule has 0 unspecified atom stereocenters. The van der Waals surface area contributed by atoms with E-state index >= 15 is 0 Å². The molecule has 0 aromatic carbocycles. The van der Waals surface area contributed by atoms with E-state index in [1.165, 1.54) is 0 Å². The van der Waals surface area contributed by atoms with E-state index in [0.717, 1.165) is 0 Å². The predicted molar refractivity (Wildman–Crippen MR) is 62.9 cm³/mol. The van der Waals surface area contributed by atoms with Gasteiger partial charge in [0.15, 0.2) is 5.78 Å². The van der Waals surface area contributed by atoms with Crippen molar-refractivity contribution in [2.24, 2.45) is 0 Å². The average Bonchev–Trinajstić information content (AvgIpc) is 2.18. The topological polar surface area (TPSA) is 29.5 Å². The summed E-state index contributed by atoms with van der Waals surface area (Å²) in [4.78, 5) is 13.8. The Hall–Kier alpha value is -0.930. The molecule has 0 bridgehead atoms. The monoisotopic (exact) mass is 211 g/mol. The Morgan fingerprint density at radius 1 is 1.33 bits per heavy atom. The molecule has 0 aliphatic rings. The highest BCUT2D eigenvalue weighted by atomic mass is 16.5. The van der Waals surface area contributed by atoms with Gasteiger partial charge < -0.3 is 4.74 Å². The quantitative estimate of drug-likeness (QED) is 0.572. The number of Topliss-reactive ketones (excluding diaryl/α,β-unsaturated/α-hetero) is 1. The summed E-state index contributed by atoms with van der Waals surface area (Å²) in [6, 6.07) is 0. The maximum Gasteiger partial charge on any atom is 0.177 e. The van der Waals surface area contributed by atoms with Crippen molar-refractivity contribution in [2.45, 2.75) is 19.4 Å². The molecule has 0 radical (unpaired) electrons. The first-order valence-electron chi connectivity index (χ1n) is 5.00. The molecular formula is C12H21NO2. The number of nitrogens with zero attached hydrogens (tertiary/aromatic N) is 1. The number of rotatable bonds is 8. The summed E-state index contributed by atoms with van der Waals surface area (Å²) in [5.41, 5.74) is -0.722. The second kappa shape index (κ2) is 6.53. The zero-order valence-corrected chi connectivity index (χ0v) is 9.95. The van der Waals surface area contributed by atoms with Crippen molar-refractivity contribution >= 4 is 5.78 Å². The predicted octanol–water partition coefficient (Wildman–Crippen LogP) is 1.65. The lowest BCUT2D eigenvalue weighted by Gasteiger charge is -2.25. The third-order valence-corrected chi connectivity index (χ3v) is 2.32. The molecule has 0 aliphatic carbocycles. The van der Waals surface area contributed by atoms with Crippen LogP contribution in [0.25, 0.3) is 0 Å². The lowest BCUT2D eigenvalue weighted by molar-refractivity contribution is -0.138. The van der Waals surface area contributed by atoms with E-state index in [0.29, 0.717) is 19.6 Å². The molecule has 0 saturated carbocycles. The second-order valence-corrected chi connectivity index (χ2v) is 3.91. The minimum Gasteiger partial charge on any atom is -0.371 e. The Morgan fingerprint density at radius 2 is 1.80 bits per heavy atom. The number of hydrogen-bond acceptors (Lipinski definition) is 3. The molecule has 0 amide bonds. The van der Waals surface area contributed by atoms with Crippen molar-refractivity contribution in [3.63, 3.8) is 0 Å². The molecule has 3 heteroatoms. The summed E-state index contributed by atoms with van der Waals surface area (Å²) in [6.45, 7) is 12.6. The van der Waals surface area contributed by atoms with Gasteiger partial charge >= 0.3 is 0 Å². The maximum absolute atomic E-state index is 11.8. The molecule has 0 fully saturated rings. The lowest BCUT2D eigenvalue weighted by Crippen LogP contribution is -2.42. The van der Waals surface area contributed by atoms with Gasteiger partial charge in [0.1, 0.15) is 5.60 Å². The third-order valence-electron chi connectivity index (χ3n) is 2.32. The number of carbonyl (C=O) groups is 1. The van der Waals surface area contributed by atoms with Gasteiger partial charge in [-0.1, -0.05) is 12.2 Å². The highest BCUT2D eigenvalue weighted by Crippen LogP contribution is 2.09. The van der Waals surface area contributed by atoms with Gasteiger partial charge in [-0.2, -0.15) is 0 Å². The third kappa shape index (κ3) is 4.91. The summed E-state index contributed by atoms with van der Waals surface area (Å²) < 4.78 is 5.13. The van der Waals surface area contributed by atoms with Crippen LogP contribution in [-0.2, 0) is 9.53 Å². The molecule has 3 nitrogen and oxygen atoms in total. The van der Waals surface area contributed by atoms with E-state index in [1.54, 1.807) is 33.1 Å². The van der Waals surface area contributed by atoms with Gasteiger partial charge in [-0.15, -0.1) is 13.2 Å². The molecule has 0 atom stereocenters. The van der Waals surface area contributed by atoms with Crippen molar-refractivity contribution in [1.29, 1.82) is 0 Å². The van der Waals surface area contributed by atoms with Crippen LogP contribution < -0.4 is 0 Å². The first-order valence-corrected chi connectivity index (χ1v) is 5.00. The van der Waals surface area contributed by atoms with Crippen molar-refractivity contribution in [3.05, 3.63) is 25.3 Å². The smallest absolute Gasteiger partial charge is 0.177 e. The van der Waals surface area contributed by atoms with Crippen LogP contribution in [-0.4, -0.2) is 43.0 Å². The first-order chi connectivity index (χ1) is 6.97. The Bertz CT molecular complexity index is 224. The molecule has 15 heavy (non-hydrogen) atoms. The van der Waals surface area contributed by atoms with Gasteiger partial charge in [-0.25, -0.2) is 0 Å². The summed E-state index contributed by atoms with van der Waals surface area (Å²) in [6.07, 6.45) is 3.55. The fourth-order valence-electron chi connectivity index (χ4n) is 1.08. The van der Waals surface area contributed by atoms with Crippen LogP contribution in [0.1, 0.15) is 13.8 Å². The Morgan fingerprint density at radius 3 is 2.13 bits per heavy atom. The highest BCUT2D eigenvalue weighted by Gasteiger charge is 2.27. The van der Waals surface area contributed by atoms with Crippen LogP contribution in [0, 0.1) is 0 Å². The number of ketones is 1. The second-order valence-electron chi connectivity index (χ2n) is 3.91. The number of methoxy groups -OCH3 is 1. The summed E-state index contributed by atoms with van der Waals surface area (Å²) >= 11 is 0. The van der Waals surface area contributed by atoms with Crippen LogP contribution in [0.3, 0.4) is 0 Å². The molecule has 0 aromatic heterocycles. The summed E-state index contributed by atoms with van der Waals surface area (Å²) in [5.74, 6) is 0.0636. The van der Waals surface area contributed by atoms with Gasteiger partial charge in [-0.3, -0.25) is 9.69 Å². The number of hydrogen-bond donors (Lipinski definition) is 0. The van der Waals surface area contributed by atoms with Crippen molar-refractivity contribution in [3.8, 4) is 0 Å². The molecule has 86 valence electrons. The van der Waals surface area contributed by atoms with E-state index in [4.69, 9.17) is 4.74 Å². The van der Waals surface area contributed by atoms with E-state index in [-0.39, 0.29) is 5.78 Å². The Labute approximate surface area is 92.4 Å². The van der Waals surface area contributed by atoms with Crippen LogP contribution in [0.2, 0.25) is 0 Å². The van der Waals surface area contributed by atoms with Crippen LogP contribution in [0.4, 0.5) is 0 Å². The molecular weight excluding hydrogens is 190 g/mol. The van der Waals surface area contributed by atoms with Crippen molar-refractivity contribution in [1.82, 2.24) is 4.90 Å². The van der Waals surface area contributed by atoms with Crippen LogP contribution in [0.15, 0.2) is 25.3 Å². The Balaban J connectivity index is 4.33. The fraction of sp³-hybridized carbons (Fsp3) is 0.583. The van der Waals surface area contributed by atoms with Crippen molar-refractivity contribution < 1.29 is 9.53 Å². The van der Waals surface area contributed by atoms with Crippen molar-refractivity contribution in [2.75, 3.05) is 26.7 Å². The molecule has 0 aromatic rings. The number of ether oxygens (including phenoxy) is 1. The zero-order valence-electron chi connectivity index (χ0n) is 9.95. The summed E-state index contributed by atoms with van der Waals surface area (Å²) in [7, 11) is 1.54. The molecule has 0 spiro atoms. The maximum atomic E-state index is 11.8. The van der Waals surface area contributed by atoms with E-state index in [9.17, 15) is 4.79 Å². The van der Waals surface area contributed by atoms with E-state index in [2.05, 4.69) is 13.2 Å². The highest BCUT2D eigenvalue weighted by molar-refractivity contribution is 5.88. The normalized spacial score (nSPS) is 11.5. The molecule has 0 saturated heterocycles. The van der Waals surface area contributed by atoms with E-state index in [1.807, 2.05) is 4.90 Å². The molecule has 0 N–H and O–H groups in total. The van der Waals surface area contributed by atoms with Gasteiger partial charge in [0.2, 0.25) is 0 Å². The SMILES string of the molecule is C=CCN(CC=C)CC(=O)C(C)(C)OC. The minimum atomic E-state index is -0.722. The average molecular weight is 211 g/mol. The first kappa shape index (κ1) is 14.1. The van der Waals surface area contributed by atoms with Gasteiger partial charge in [0, 0.05) is 20.2 Å². The van der Waals surface area contributed by atoms with Gasteiger partial charge in [0.25, 0.3) is 0 Å². The Kier molecular flexibility index (Phi) is 6.13. The van der Waals surface area contributed by atoms with Gasteiger partial charge in [0.05, 0.1) is 6.54 Å². The molecule has 0 heterocycles. The number of carbonyl (C=O) groups excluding carboxylic acids is 1. The van der Waals surface area contributed by atoms with Crippen LogP contribution >= 0.6 is 0 Å². The standard InChI is InChI=1S/C12H21NO2/c1-6-8-13(9-7-2)10-11(14)12(3,4)15-5/h6-7H,1-2,8-10H2,3-5H3. The largest absolute Gasteiger partial charge is 0.371 e. The summed E-state index contributed by atoms with van der Waals surface area (Å²) in [5, 5.41) is 0. The molecule has 0 aliphatic heterocycles. The van der Waals surface area contributed by atoms with Gasteiger partial charge in [-0.05, 0) is 13.8 Å². The lowest BCUT2D eigenvalue weighted by atomic mass is 10.0. The zero-order chi connectivity index (χ0) is 11.9. The fourth-order valence-corrected chi connectivity index (χ4v) is 1.08. The van der Waals surface area contributed by atoms with Crippen LogP contribution in [0.5, 0.6) is 0 Å². The minimum absolute atomic E-state index is 0.0636. The molecule has 0 rings (SSSR count).